The van der Waals surface area contributed by atoms with Crippen molar-refractivity contribution in [2.24, 2.45) is 0 Å². The number of nitrogens with one attached hydrogen (secondary N) is 2. The van der Waals surface area contributed by atoms with Crippen LogP contribution in [0.15, 0.2) is 60.0 Å². The van der Waals surface area contributed by atoms with Crippen molar-refractivity contribution in [3.05, 3.63) is 87.1 Å². The summed E-state index contributed by atoms with van der Waals surface area (Å²) in [5, 5.41) is 6.91. The van der Waals surface area contributed by atoms with Crippen molar-refractivity contribution in [1.29, 1.82) is 0 Å². The summed E-state index contributed by atoms with van der Waals surface area (Å²) in [4.78, 5) is 25.3. The first-order valence-corrected chi connectivity index (χ1v) is 10.3. The van der Waals surface area contributed by atoms with E-state index in [4.69, 9.17) is 0 Å². The van der Waals surface area contributed by atoms with Gasteiger partial charge in [0, 0.05) is 16.1 Å². The number of halogens is 6. The highest BCUT2D eigenvalue weighted by molar-refractivity contribution is 7.09. The van der Waals surface area contributed by atoms with Crippen LogP contribution in [0, 0.1) is 0 Å². The summed E-state index contributed by atoms with van der Waals surface area (Å²) in [6, 6.07) is 10.3. The number of alkyl halides is 6. The second-order valence-electron chi connectivity index (χ2n) is 6.98. The van der Waals surface area contributed by atoms with Gasteiger partial charge in [-0.2, -0.15) is 26.3 Å². The summed E-state index contributed by atoms with van der Waals surface area (Å²) in [7, 11) is 0. The standard InChI is InChI=1S/C22H16F6N2O2S/c23-21(24,25)15-9-14(10-16(11-15)22(26,27)28)20(32)30-17-5-3-13(4-6-17)8-19(31)29-12-18-2-1-7-33-18/h1-7,9-11H,8,12H2,(H,29,31)(H,30,32). The third-order valence-electron chi connectivity index (χ3n) is 4.47. The molecule has 0 bridgehead atoms. The minimum absolute atomic E-state index is 0.0466. The second-order valence-corrected chi connectivity index (χ2v) is 8.01. The fourth-order valence-electron chi connectivity index (χ4n) is 2.84. The lowest BCUT2D eigenvalue weighted by Gasteiger charge is -2.14. The summed E-state index contributed by atoms with van der Waals surface area (Å²) in [5.74, 6) is -1.36. The third-order valence-corrected chi connectivity index (χ3v) is 5.34. The number of carbonyl (C=O) groups is 2. The molecule has 33 heavy (non-hydrogen) atoms. The molecule has 3 aromatic rings. The molecule has 0 saturated heterocycles. The van der Waals surface area contributed by atoms with Crippen LogP contribution < -0.4 is 10.6 Å². The number of carbonyl (C=O) groups excluding carboxylic acids is 2. The Labute approximate surface area is 188 Å². The van der Waals surface area contributed by atoms with E-state index < -0.39 is 35.0 Å². The van der Waals surface area contributed by atoms with Crippen LogP contribution in [0.1, 0.15) is 31.9 Å². The van der Waals surface area contributed by atoms with Gasteiger partial charge in [-0.05, 0) is 47.3 Å². The fourth-order valence-corrected chi connectivity index (χ4v) is 3.49. The van der Waals surface area contributed by atoms with Crippen LogP contribution in [0.3, 0.4) is 0 Å². The Morgan fingerprint density at radius 2 is 1.45 bits per heavy atom. The number of hydrogen-bond donors (Lipinski definition) is 2. The minimum atomic E-state index is -5.05. The molecule has 0 saturated carbocycles. The van der Waals surface area contributed by atoms with Crippen LogP contribution in [-0.2, 0) is 30.1 Å². The molecule has 1 aromatic heterocycles. The zero-order valence-electron chi connectivity index (χ0n) is 16.7. The van der Waals surface area contributed by atoms with E-state index in [0.717, 1.165) is 4.88 Å². The van der Waals surface area contributed by atoms with Crippen LogP contribution in [-0.4, -0.2) is 11.8 Å². The lowest BCUT2D eigenvalue weighted by Crippen LogP contribution is -2.24. The summed E-state index contributed by atoms with van der Waals surface area (Å²) < 4.78 is 77.9. The quantitative estimate of drug-likeness (QED) is 0.427. The molecule has 174 valence electrons. The van der Waals surface area contributed by atoms with E-state index in [1.165, 1.54) is 35.6 Å². The SMILES string of the molecule is O=C(Cc1ccc(NC(=O)c2cc(C(F)(F)F)cc(C(F)(F)F)c2)cc1)NCc1cccs1. The Bertz CT molecular complexity index is 1090. The first-order chi connectivity index (χ1) is 15.4. The predicted octanol–water partition coefficient (Wildman–Crippen LogP) is 5.90. The van der Waals surface area contributed by atoms with Gasteiger partial charge in [-0.1, -0.05) is 18.2 Å². The molecule has 2 amide bonds. The maximum absolute atomic E-state index is 13.0. The molecular formula is C22H16F6N2O2S. The van der Waals surface area contributed by atoms with Gasteiger partial charge in [0.1, 0.15) is 0 Å². The van der Waals surface area contributed by atoms with Gasteiger partial charge in [0.25, 0.3) is 5.91 Å². The zero-order chi connectivity index (χ0) is 24.2. The molecule has 11 heteroatoms. The lowest BCUT2D eigenvalue weighted by molar-refractivity contribution is -0.143. The van der Waals surface area contributed by atoms with Gasteiger partial charge in [0.05, 0.1) is 24.1 Å². The van der Waals surface area contributed by atoms with Crippen molar-refractivity contribution in [3.8, 4) is 0 Å². The number of amides is 2. The van der Waals surface area contributed by atoms with Gasteiger partial charge in [0.15, 0.2) is 0 Å². The Morgan fingerprint density at radius 1 is 0.848 bits per heavy atom. The summed E-state index contributed by atoms with van der Waals surface area (Å²) in [6.45, 7) is 0.390. The number of benzene rings is 2. The fraction of sp³-hybridized carbons (Fsp3) is 0.182. The molecule has 0 spiro atoms. The van der Waals surface area contributed by atoms with Crippen molar-refractivity contribution in [2.45, 2.75) is 25.3 Å². The molecule has 4 nitrogen and oxygen atoms in total. The van der Waals surface area contributed by atoms with Gasteiger partial charge in [-0.3, -0.25) is 9.59 Å². The van der Waals surface area contributed by atoms with Crippen LogP contribution >= 0.6 is 11.3 Å². The van der Waals surface area contributed by atoms with Gasteiger partial charge in [0.2, 0.25) is 5.91 Å². The summed E-state index contributed by atoms with van der Waals surface area (Å²) in [5.41, 5.74) is -3.18. The van der Waals surface area contributed by atoms with Gasteiger partial charge >= 0.3 is 12.4 Å². The number of hydrogen-bond acceptors (Lipinski definition) is 3. The van der Waals surface area contributed by atoms with Crippen LogP contribution in [0.25, 0.3) is 0 Å². The molecule has 2 aromatic carbocycles. The van der Waals surface area contributed by atoms with E-state index in [0.29, 0.717) is 24.2 Å². The highest BCUT2D eigenvalue weighted by Gasteiger charge is 2.37. The number of anilines is 1. The lowest BCUT2D eigenvalue weighted by atomic mass is 10.0. The molecule has 0 aliphatic carbocycles. The second kappa shape index (κ2) is 9.65. The molecule has 0 atom stereocenters. The van der Waals surface area contributed by atoms with Crippen molar-refractivity contribution in [2.75, 3.05) is 5.32 Å². The van der Waals surface area contributed by atoms with E-state index in [2.05, 4.69) is 10.6 Å². The van der Waals surface area contributed by atoms with Gasteiger partial charge < -0.3 is 10.6 Å². The molecule has 0 radical (unpaired) electrons. The highest BCUT2D eigenvalue weighted by Crippen LogP contribution is 2.36. The average molecular weight is 486 g/mol. The maximum atomic E-state index is 13.0. The molecule has 3 rings (SSSR count). The van der Waals surface area contributed by atoms with Gasteiger partial charge in [-0.25, -0.2) is 0 Å². The third kappa shape index (κ3) is 6.82. The zero-order valence-corrected chi connectivity index (χ0v) is 17.5. The van der Waals surface area contributed by atoms with E-state index in [-0.39, 0.29) is 24.1 Å². The van der Waals surface area contributed by atoms with Crippen molar-refractivity contribution >= 4 is 28.8 Å². The smallest absolute Gasteiger partial charge is 0.351 e. The minimum Gasteiger partial charge on any atom is -0.351 e. The van der Waals surface area contributed by atoms with E-state index in [1.807, 2.05) is 17.5 Å². The Hall–Kier alpha value is -3.34. The van der Waals surface area contributed by atoms with E-state index in [1.54, 1.807) is 0 Å². The molecular weight excluding hydrogens is 470 g/mol. The Morgan fingerprint density at radius 3 is 1.97 bits per heavy atom. The summed E-state index contributed by atoms with van der Waals surface area (Å²) in [6.07, 6.45) is -10.0. The van der Waals surface area contributed by atoms with Crippen LogP contribution in [0.2, 0.25) is 0 Å². The monoisotopic (exact) mass is 486 g/mol. The predicted molar refractivity (Wildman–Crippen MR) is 111 cm³/mol. The van der Waals surface area contributed by atoms with Crippen molar-refractivity contribution < 1.29 is 35.9 Å². The summed E-state index contributed by atoms with van der Waals surface area (Å²) >= 11 is 1.50. The first kappa shape index (κ1) is 24.3. The molecule has 0 unspecified atom stereocenters. The van der Waals surface area contributed by atoms with Crippen LogP contribution in [0.5, 0.6) is 0 Å². The number of thiophene rings is 1. The Kier molecular flexibility index (Phi) is 7.11. The van der Waals surface area contributed by atoms with E-state index in [9.17, 15) is 35.9 Å². The Balaban J connectivity index is 1.67. The molecule has 0 fully saturated rings. The highest BCUT2D eigenvalue weighted by atomic mass is 32.1. The van der Waals surface area contributed by atoms with Gasteiger partial charge in [-0.15, -0.1) is 11.3 Å². The molecule has 2 N–H and O–H groups in total. The molecule has 0 aliphatic rings. The topological polar surface area (TPSA) is 58.2 Å². The van der Waals surface area contributed by atoms with Crippen molar-refractivity contribution in [1.82, 2.24) is 5.32 Å². The normalized spacial score (nSPS) is 11.8. The largest absolute Gasteiger partial charge is 0.416 e. The molecule has 0 aliphatic heterocycles. The van der Waals surface area contributed by atoms with Crippen molar-refractivity contribution in [3.63, 3.8) is 0 Å². The van der Waals surface area contributed by atoms with Crippen LogP contribution in [0.4, 0.5) is 32.0 Å². The van der Waals surface area contributed by atoms with E-state index >= 15 is 0 Å². The first-order valence-electron chi connectivity index (χ1n) is 9.40. The molecule has 1 heterocycles. The number of rotatable bonds is 6. The maximum Gasteiger partial charge on any atom is 0.416 e. The average Bonchev–Trinajstić information content (AvgIpc) is 3.26.